The topological polar surface area (TPSA) is 72.8 Å². The largest absolute Gasteiger partial charge is 0.462 e. The summed E-state index contributed by atoms with van der Waals surface area (Å²) in [5.41, 5.74) is 1.58. The van der Waals surface area contributed by atoms with Crippen LogP contribution in [0.2, 0.25) is 0 Å². The Morgan fingerprint density at radius 3 is 1.88 bits per heavy atom. The lowest BCUT2D eigenvalue weighted by atomic mass is 9.91. The van der Waals surface area contributed by atoms with Crippen LogP contribution in [-0.2, 0) is 19.1 Å². The molecule has 5 heteroatoms. The molecule has 0 heterocycles. The van der Waals surface area contributed by atoms with Crippen LogP contribution in [0.3, 0.4) is 0 Å². The molecule has 0 fully saturated rings. The van der Waals surface area contributed by atoms with Crippen molar-refractivity contribution in [3.63, 3.8) is 0 Å². The highest BCUT2D eigenvalue weighted by Gasteiger charge is 2.27. The van der Waals surface area contributed by atoms with Crippen LogP contribution in [-0.4, -0.2) is 36.4 Å². The number of carbonyl (C=O) groups excluding carboxylic acids is 2. The average Bonchev–Trinajstić information content (AvgIpc) is 2.60. The molecule has 0 radical (unpaired) electrons. The number of aliphatic hydroxyl groups is 1. The van der Waals surface area contributed by atoms with E-state index in [1.165, 1.54) is 6.92 Å². The highest BCUT2D eigenvalue weighted by molar-refractivity contribution is 5.82. The zero-order valence-corrected chi connectivity index (χ0v) is 13.4. The quantitative estimate of drug-likeness (QED) is 0.790. The minimum atomic E-state index is -0.892. The monoisotopic (exact) mass is 328 g/mol. The van der Waals surface area contributed by atoms with E-state index >= 15 is 0 Å². The zero-order valence-electron chi connectivity index (χ0n) is 13.4. The van der Waals surface area contributed by atoms with Crippen molar-refractivity contribution >= 4 is 11.9 Å². The molecular weight excluding hydrogens is 308 g/mol. The summed E-state index contributed by atoms with van der Waals surface area (Å²) in [7, 11) is 0. The number of esters is 2. The van der Waals surface area contributed by atoms with Crippen molar-refractivity contribution in [2.75, 3.05) is 13.2 Å². The van der Waals surface area contributed by atoms with Gasteiger partial charge in [-0.3, -0.25) is 9.59 Å². The highest BCUT2D eigenvalue weighted by atomic mass is 16.6. The third-order valence-electron chi connectivity index (χ3n) is 3.46. The fourth-order valence-electron chi connectivity index (χ4n) is 2.32. The summed E-state index contributed by atoms with van der Waals surface area (Å²) in [5, 5.41) is 9.34. The maximum absolute atomic E-state index is 12.7. The van der Waals surface area contributed by atoms with Gasteiger partial charge in [-0.1, -0.05) is 60.7 Å². The lowest BCUT2D eigenvalue weighted by Gasteiger charge is -2.21. The minimum Gasteiger partial charge on any atom is -0.462 e. The van der Waals surface area contributed by atoms with Crippen molar-refractivity contribution in [1.29, 1.82) is 0 Å². The van der Waals surface area contributed by atoms with Gasteiger partial charge in [-0.05, 0) is 11.1 Å². The first-order chi connectivity index (χ1) is 11.6. The molecule has 0 saturated heterocycles. The van der Waals surface area contributed by atoms with E-state index in [1.807, 2.05) is 60.7 Å². The molecule has 0 aliphatic heterocycles. The molecule has 1 N–H and O–H groups in total. The second-order valence-corrected chi connectivity index (χ2v) is 5.30. The van der Waals surface area contributed by atoms with E-state index in [-0.39, 0.29) is 6.61 Å². The van der Waals surface area contributed by atoms with Gasteiger partial charge < -0.3 is 14.6 Å². The molecule has 1 atom stereocenters. The van der Waals surface area contributed by atoms with Crippen LogP contribution < -0.4 is 0 Å². The Morgan fingerprint density at radius 2 is 1.46 bits per heavy atom. The van der Waals surface area contributed by atoms with Crippen LogP contribution in [0.5, 0.6) is 0 Å². The third-order valence-corrected chi connectivity index (χ3v) is 3.46. The predicted octanol–water partition coefficient (Wildman–Crippen LogP) is 2.29. The molecule has 0 aliphatic rings. The third kappa shape index (κ3) is 4.93. The Hall–Kier alpha value is -2.66. The van der Waals surface area contributed by atoms with Crippen LogP contribution >= 0.6 is 0 Å². The summed E-state index contributed by atoms with van der Waals surface area (Å²) in [6.07, 6.45) is -0.892. The van der Waals surface area contributed by atoms with Gasteiger partial charge in [-0.2, -0.15) is 0 Å². The van der Waals surface area contributed by atoms with Crippen molar-refractivity contribution < 1.29 is 24.2 Å². The number of aliphatic hydroxyl groups excluding tert-OH is 1. The van der Waals surface area contributed by atoms with Gasteiger partial charge >= 0.3 is 11.9 Å². The summed E-state index contributed by atoms with van der Waals surface area (Å²) in [6.45, 7) is 0.663. The Kier molecular flexibility index (Phi) is 6.51. The van der Waals surface area contributed by atoms with E-state index in [0.717, 1.165) is 11.1 Å². The van der Waals surface area contributed by atoms with E-state index in [2.05, 4.69) is 0 Å². The fraction of sp³-hybridized carbons (Fsp3) is 0.263. The molecule has 5 nitrogen and oxygen atoms in total. The zero-order chi connectivity index (χ0) is 17.4. The maximum atomic E-state index is 12.7. The van der Waals surface area contributed by atoms with Crippen LogP contribution in [0, 0.1) is 0 Å². The molecule has 0 unspecified atom stereocenters. The first-order valence-electron chi connectivity index (χ1n) is 7.66. The van der Waals surface area contributed by atoms with E-state index < -0.39 is 30.6 Å². The van der Waals surface area contributed by atoms with Gasteiger partial charge in [-0.15, -0.1) is 0 Å². The Morgan fingerprint density at radius 1 is 0.958 bits per heavy atom. The van der Waals surface area contributed by atoms with Gasteiger partial charge in [0.15, 0.2) is 6.10 Å². The molecule has 24 heavy (non-hydrogen) atoms. The van der Waals surface area contributed by atoms with Gasteiger partial charge in [-0.25, -0.2) is 0 Å². The molecule has 126 valence electrons. The SMILES string of the molecule is CC(=O)OC[C@H](CO)OC(=O)C(c1ccccc1)c1ccccc1. The van der Waals surface area contributed by atoms with Gasteiger partial charge in [0.1, 0.15) is 12.5 Å². The standard InChI is InChI=1S/C19H20O5/c1-14(21)23-13-17(12-20)24-19(22)18(15-8-4-2-5-9-15)16-10-6-3-7-11-16/h2-11,17-18,20H,12-13H2,1H3/t17-/m0/s1. The molecule has 0 aliphatic carbocycles. The highest BCUT2D eigenvalue weighted by Crippen LogP contribution is 2.26. The lowest BCUT2D eigenvalue weighted by molar-refractivity contribution is -0.161. The molecule has 0 bridgehead atoms. The Bertz CT molecular complexity index is 614. The predicted molar refractivity (Wildman–Crippen MR) is 88.3 cm³/mol. The number of ether oxygens (including phenoxy) is 2. The fourth-order valence-corrected chi connectivity index (χ4v) is 2.32. The molecular formula is C19H20O5. The van der Waals surface area contributed by atoms with Gasteiger partial charge in [0.05, 0.1) is 6.61 Å². The van der Waals surface area contributed by atoms with Gasteiger partial charge in [0.25, 0.3) is 0 Å². The van der Waals surface area contributed by atoms with E-state index in [1.54, 1.807) is 0 Å². The normalized spacial score (nSPS) is 11.8. The molecule has 0 aromatic heterocycles. The second kappa shape index (κ2) is 8.84. The Labute approximate surface area is 140 Å². The number of rotatable bonds is 7. The van der Waals surface area contributed by atoms with Gasteiger partial charge in [0, 0.05) is 6.92 Å². The first kappa shape index (κ1) is 17.7. The lowest BCUT2D eigenvalue weighted by Crippen LogP contribution is -2.30. The number of carbonyl (C=O) groups is 2. The minimum absolute atomic E-state index is 0.173. The molecule has 2 aromatic carbocycles. The van der Waals surface area contributed by atoms with Gasteiger partial charge in [0.2, 0.25) is 0 Å². The molecule has 2 rings (SSSR count). The van der Waals surface area contributed by atoms with Crippen molar-refractivity contribution in [2.45, 2.75) is 18.9 Å². The summed E-state index contributed by atoms with van der Waals surface area (Å²) in [5.74, 6) is -1.61. The number of hydrogen-bond donors (Lipinski definition) is 1. The molecule has 0 spiro atoms. The van der Waals surface area contributed by atoms with Crippen LogP contribution in [0.4, 0.5) is 0 Å². The summed E-state index contributed by atoms with van der Waals surface area (Å²) < 4.78 is 10.2. The molecule has 0 amide bonds. The maximum Gasteiger partial charge on any atom is 0.318 e. The Balaban J connectivity index is 2.20. The van der Waals surface area contributed by atoms with Crippen molar-refractivity contribution in [3.8, 4) is 0 Å². The van der Waals surface area contributed by atoms with Crippen LogP contribution in [0.25, 0.3) is 0 Å². The van der Waals surface area contributed by atoms with Crippen molar-refractivity contribution in [3.05, 3.63) is 71.8 Å². The van der Waals surface area contributed by atoms with E-state index in [4.69, 9.17) is 9.47 Å². The summed E-state index contributed by atoms with van der Waals surface area (Å²) >= 11 is 0. The average molecular weight is 328 g/mol. The summed E-state index contributed by atoms with van der Waals surface area (Å²) in [6, 6.07) is 18.5. The van der Waals surface area contributed by atoms with Crippen molar-refractivity contribution in [1.82, 2.24) is 0 Å². The van der Waals surface area contributed by atoms with E-state index in [9.17, 15) is 14.7 Å². The second-order valence-electron chi connectivity index (χ2n) is 5.30. The molecule has 0 saturated carbocycles. The van der Waals surface area contributed by atoms with Crippen molar-refractivity contribution in [2.24, 2.45) is 0 Å². The smallest absolute Gasteiger partial charge is 0.318 e. The van der Waals surface area contributed by atoms with Crippen LogP contribution in [0.15, 0.2) is 60.7 Å². The number of benzene rings is 2. The molecule has 2 aromatic rings. The van der Waals surface area contributed by atoms with Crippen LogP contribution in [0.1, 0.15) is 24.0 Å². The van der Waals surface area contributed by atoms with E-state index in [0.29, 0.717) is 0 Å². The first-order valence-corrected chi connectivity index (χ1v) is 7.66. The summed E-state index contributed by atoms with van der Waals surface area (Å²) in [4.78, 5) is 23.6. The number of hydrogen-bond acceptors (Lipinski definition) is 5.